The van der Waals surface area contributed by atoms with E-state index in [-0.39, 0.29) is 34.9 Å². The van der Waals surface area contributed by atoms with Gasteiger partial charge in [0.2, 0.25) is 0 Å². The van der Waals surface area contributed by atoms with Crippen LogP contribution < -0.4 is 20.5 Å². The number of nitrogens with one attached hydrogen (secondary N) is 2. The van der Waals surface area contributed by atoms with Gasteiger partial charge in [-0.2, -0.15) is 9.97 Å². The lowest BCUT2D eigenvalue weighted by Gasteiger charge is -2.37. The number of H-pyrrole nitrogens is 1. The Hall–Kier alpha value is -3.76. The van der Waals surface area contributed by atoms with Gasteiger partial charge < -0.3 is 25.0 Å². The SMILES string of the molecule is O=c1[nH]c(-c2cc(O)cc3ccccc23)cc2nc(OC[C@@]34CCCN3C[C@H](F)C4)nc(N3C4CCC3CNC4)c12. The number of fused-ring (bicyclic) bond motifs is 5. The maximum absolute atomic E-state index is 14.4. The zero-order chi connectivity index (χ0) is 27.7. The molecule has 0 spiro atoms. The lowest BCUT2D eigenvalue weighted by molar-refractivity contribution is 0.107. The highest BCUT2D eigenvalue weighted by molar-refractivity contribution is 5.99. The lowest BCUT2D eigenvalue weighted by atomic mass is 9.95. The minimum absolute atomic E-state index is 0.118. The zero-order valence-electron chi connectivity index (χ0n) is 22.8. The van der Waals surface area contributed by atoms with Crippen LogP contribution in [-0.2, 0) is 0 Å². The molecule has 4 saturated heterocycles. The third kappa shape index (κ3) is 4.06. The Kier molecular flexibility index (Phi) is 5.72. The average Bonchev–Trinajstić information content (AvgIpc) is 3.57. The van der Waals surface area contributed by atoms with Gasteiger partial charge >= 0.3 is 6.01 Å². The van der Waals surface area contributed by atoms with Crippen molar-refractivity contribution in [1.29, 1.82) is 0 Å². The predicted molar refractivity (Wildman–Crippen MR) is 155 cm³/mol. The first kappa shape index (κ1) is 25.0. The Bertz CT molecular complexity index is 1710. The number of hydrogen-bond donors (Lipinski definition) is 3. The van der Waals surface area contributed by atoms with Gasteiger partial charge in [-0.05, 0) is 61.2 Å². The summed E-state index contributed by atoms with van der Waals surface area (Å²) in [5.41, 5.74) is 1.16. The van der Waals surface area contributed by atoms with E-state index in [9.17, 15) is 14.3 Å². The molecule has 2 bridgehead atoms. The van der Waals surface area contributed by atoms with E-state index in [2.05, 4.69) is 20.1 Å². The zero-order valence-corrected chi connectivity index (χ0v) is 22.8. The van der Waals surface area contributed by atoms with Crippen LogP contribution in [0.15, 0.2) is 47.3 Å². The van der Waals surface area contributed by atoms with Crippen LogP contribution in [0.2, 0.25) is 0 Å². The van der Waals surface area contributed by atoms with Gasteiger partial charge in [0.05, 0.1) is 16.7 Å². The Morgan fingerprint density at radius 1 is 1.12 bits per heavy atom. The van der Waals surface area contributed by atoms with Crippen LogP contribution >= 0.6 is 0 Å². The van der Waals surface area contributed by atoms with Crippen molar-refractivity contribution in [2.24, 2.45) is 0 Å². The standard InChI is InChI=1S/C31H33FN6O3/c32-19-13-31(8-3-9-37(31)16-19)17-41-30-35-26-12-25(24-11-22(39)10-18-4-1-2-5-23(18)24)34-29(40)27(26)28(36-30)38-20-6-7-21(38)15-33-14-20/h1-2,4-5,10-12,19-21,33,39H,3,6-9,13-17H2,(H,34,40)/t19-,20?,21?,31+/m1/s1. The summed E-state index contributed by atoms with van der Waals surface area (Å²) in [7, 11) is 0. The third-order valence-electron chi connectivity index (χ3n) is 9.65. The van der Waals surface area contributed by atoms with E-state index < -0.39 is 6.17 Å². The van der Waals surface area contributed by atoms with E-state index in [0.717, 1.165) is 56.1 Å². The van der Waals surface area contributed by atoms with Crippen molar-refractivity contribution in [2.75, 3.05) is 37.7 Å². The largest absolute Gasteiger partial charge is 0.508 e. The summed E-state index contributed by atoms with van der Waals surface area (Å²) < 4.78 is 20.7. The molecule has 0 amide bonds. The van der Waals surface area contributed by atoms with Crippen LogP contribution in [0.3, 0.4) is 0 Å². The summed E-state index contributed by atoms with van der Waals surface area (Å²) in [6.07, 6.45) is 3.59. The molecule has 0 saturated carbocycles. The van der Waals surface area contributed by atoms with Crippen molar-refractivity contribution in [1.82, 2.24) is 25.2 Å². The average molecular weight is 557 g/mol. The van der Waals surface area contributed by atoms with E-state index in [4.69, 9.17) is 14.7 Å². The second-order valence-electron chi connectivity index (χ2n) is 12.1. The molecule has 10 heteroatoms. The number of halogens is 1. The van der Waals surface area contributed by atoms with Crippen LogP contribution in [0.1, 0.15) is 32.1 Å². The fraction of sp³-hybridized carbons (Fsp3) is 0.452. The first-order chi connectivity index (χ1) is 20.0. The molecule has 2 aromatic heterocycles. The molecule has 4 aliphatic heterocycles. The molecule has 0 radical (unpaired) electrons. The first-order valence-corrected chi connectivity index (χ1v) is 14.7. The van der Waals surface area contributed by atoms with Crippen molar-refractivity contribution in [2.45, 2.75) is 55.9 Å². The number of phenols is 1. The molecule has 4 aromatic rings. The normalized spacial score (nSPS) is 27.6. The van der Waals surface area contributed by atoms with Gasteiger partial charge in [0, 0.05) is 43.7 Å². The number of benzene rings is 2. The van der Waals surface area contributed by atoms with Crippen molar-refractivity contribution < 1.29 is 14.2 Å². The smallest absolute Gasteiger partial charge is 0.319 e. The van der Waals surface area contributed by atoms with Crippen molar-refractivity contribution in [3.05, 3.63) is 52.8 Å². The number of ether oxygens (including phenoxy) is 1. The molecular formula is C31H33FN6O3. The highest BCUT2D eigenvalue weighted by Crippen LogP contribution is 2.41. The van der Waals surface area contributed by atoms with E-state index in [1.165, 1.54) is 0 Å². The van der Waals surface area contributed by atoms with Crippen LogP contribution in [0.25, 0.3) is 32.9 Å². The van der Waals surface area contributed by atoms with Crippen LogP contribution in [-0.4, -0.2) is 81.5 Å². The summed E-state index contributed by atoms with van der Waals surface area (Å²) in [6.45, 7) is 3.32. The number of aromatic hydroxyl groups is 1. The number of anilines is 1. The van der Waals surface area contributed by atoms with Crippen molar-refractivity contribution in [3.63, 3.8) is 0 Å². The molecule has 4 fully saturated rings. The van der Waals surface area contributed by atoms with E-state index in [0.29, 0.717) is 47.6 Å². The molecule has 2 aromatic carbocycles. The first-order valence-electron chi connectivity index (χ1n) is 14.7. The molecule has 4 atom stereocenters. The van der Waals surface area contributed by atoms with Gasteiger partial charge in [0.25, 0.3) is 5.56 Å². The van der Waals surface area contributed by atoms with Gasteiger partial charge in [-0.1, -0.05) is 24.3 Å². The Balaban J connectivity index is 1.27. The van der Waals surface area contributed by atoms with Crippen LogP contribution in [0, 0.1) is 0 Å². The minimum Gasteiger partial charge on any atom is -0.508 e. The van der Waals surface area contributed by atoms with Crippen molar-refractivity contribution in [3.8, 4) is 23.0 Å². The summed E-state index contributed by atoms with van der Waals surface area (Å²) in [5.74, 6) is 0.718. The molecule has 0 aliphatic carbocycles. The molecule has 6 heterocycles. The summed E-state index contributed by atoms with van der Waals surface area (Å²) in [4.78, 5) is 31.0. The number of hydrogen-bond acceptors (Lipinski definition) is 8. The van der Waals surface area contributed by atoms with Crippen molar-refractivity contribution >= 4 is 27.5 Å². The second kappa shape index (κ2) is 9.39. The number of phenolic OH excluding ortho intramolecular Hbond substituents is 1. The quantitative estimate of drug-likeness (QED) is 0.342. The van der Waals surface area contributed by atoms with Gasteiger partial charge in [0.15, 0.2) is 0 Å². The number of rotatable bonds is 5. The fourth-order valence-electron chi connectivity index (χ4n) is 7.81. The summed E-state index contributed by atoms with van der Waals surface area (Å²) >= 11 is 0. The molecule has 212 valence electrons. The van der Waals surface area contributed by atoms with Crippen LogP contribution in [0.5, 0.6) is 11.8 Å². The summed E-state index contributed by atoms with van der Waals surface area (Å²) in [6, 6.07) is 13.7. The monoisotopic (exact) mass is 556 g/mol. The van der Waals surface area contributed by atoms with E-state index in [1.807, 2.05) is 30.3 Å². The van der Waals surface area contributed by atoms with Gasteiger partial charge in [-0.3, -0.25) is 9.69 Å². The molecule has 4 aliphatic rings. The fourth-order valence-corrected chi connectivity index (χ4v) is 7.81. The Labute approximate surface area is 236 Å². The molecule has 41 heavy (non-hydrogen) atoms. The number of alkyl halides is 1. The minimum atomic E-state index is -0.846. The van der Waals surface area contributed by atoms with E-state index >= 15 is 0 Å². The Morgan fingerprint density at radius 2 is 1.95 bits per heavy atom. The van der Waals surface area contributed by atoms with Gasteiger partial charge in [-0.15, -0.1) is 0 Å². The number of aromatic amines is 1. The molecule has 3 N–H and O–H groups in total. The second-order valence-corrected chi connectivity index (χ2v) is 12.1. The number of pyridine rings is 1. The lowest BCUT2D eigenvalue weighted by Crippen LogP contribution is -2.52. The topological polar surface area (TPSA) is 107 Å². The number of piperazine rings is 1. The molecule has 9 nitrogen and oxygen atoms in total. The molecular weight excluding hydrogens is 523 g/mol. The molecule has 2 unspecified atom stereocenters. The number of aromatic nitrogens is 3. The van der Waals surface area contributed by atoms with Gasteiger partial charge in [-0.25, -0.2) is 4.39 Å². The highest BCUT2D eigenvalue weighted by Gasteiger charge is 2.49. The maximum atomic E-state index is 14.4. The Morgan fingerprint density at radius 3 is 2.80 bits per heavy atom. The molecule has 8 rings (SSSR count). The predicted octanol–water partition coefficient (Wildman–Crippen LogP) is 3.74. The maximum Gasteiger partial charge on any atom is 0.319 e. The number of nitrogens with zero attached hydrogens (tertiary/aromatic N) is 4. The van der Waals surface area contributed by atoms with Crippen LogP contribution in [0.4, 0.5) is 10.2 Å². The van der Waals surface area contributed by atoms with E-state index in [1.54, 1.807) is 12.1 Å². The highest BCUT2D eigenvalue weighted by atomic mass is 19.1. The summed E-state index contributed by atoms with van der Waals surface area (Å²) in [5, 5.41) is 16.2. The third-order valence-corrected chi connectivity index (χ3v) is 9.65. The van der Waals surface area contributed by atoms with Gasteiger partial charge in [0.1, 0.15) is 29.7 Å².